The van der Waals surface area contributed by atoms with Crippen LogP contribution in [0.1, 0.15) is 27.7 Å². The molecule has 0 spiro atoms. The Bertz CT molecular complexity index is 281. The molecular weight excluding hydrogens is 196 g/mol. The molecule has 0 N–H and O–H groups in total. The average molecular weight is 212 g/mol. The molecule has 0 aromatic carbocycles. The Morgan fingerprint density at radius 1 is 1.07 bits per heavy atom. The Morgan fingerprint density at radius 3 is 1.47 bits per heavy atom. The summed E-state index contributed by atoms with van der Waals surface area (Å²) in [6, 6.07) is 0. The molecule has 0 bridgehead atoms. The van der Waals surface area contributed by atoms with Crippen LogP contribution in [-0.2, 0) is 9.59 Å². The summed E-state index contributed by atoms with van der Waals surface area (Å²) in [5.41, 5.74) is -1.99. The Hall–Kier alpha value is -1.32. The highest BCUT2D eigenvalue weighted by Crippen LogP contribution is 2.41. The van der Waals surface area contributed by atoms with Crippen molar-refractivity contribution >= 4 is 11.9 Å². The van der Waals surface area contributed by atoms with Crippen LogP contribution in [0, 0.1) is 17.3 Å². The van der Waals surface area contributed by atoms with Crippen LogP contribution in [0.25, 0.3) is 0 Å². The minimum Gasteiger partial charge on any atom is -0.549 e. The van der Waals surface area contributed by atoms with Crippen LogP contribution in [0.4, 0.5) is 0 Å². The fraction of sp³-hybridized carbons (Fsp3) is 0.636. The van der Waals surface area contributed by atoms with Crippen LogP contribution in [0.3, 0.4) is 0 Å². The van der Waals surface area contributed by atoms with Gasteiger partial charge in [-0.1, -0.05) is 34.3 Å². The molecule has 4 heteroatoms. The van der Waals surface area contributed by atoms with Crippen molar-refractivity contribution in [2.45, 2.75) is 27.7 Å². The summed E-state index contributed by atoms with van der Waals surface area (Å²) < 4.78 is 0. The smallest absolute Gasteiger partial charge is 0.0678 e. The molecule has 0 unspecified atom stereocenters. The molecule has 0 atom stereocenters. The normalized spacial score (nSPS) is 11.9. The molecule has 0 radical (unpaired) electrons. The molecule has 15 heavy (non-hydrogen) atoms. The maximum Gasteiger partial charge on any atom is 0.0678 e. The van der Waals surface area contributed by atoms with E-state index < -0.39 is 34.8 Å². The van der Waals surface area contributed by atoms with Gasteiger partial charge in [0.25, 0.3) is 0 Å². The summed E-state index contributed by atoms with van der Waals surface area (Å²) in [6.07, 6.45) is 0. The quantitative estimate of drug-likeness (QED) is 0.567. The van der Waals surface area contributed by atoms with E-state index in [1.807, 2.05) is 0 Å². The number of carbonyl (C=O) groups is 2. The zero-order valence-corrected chi connectivity index (χ0v) is 9.49. The highest BCUT2D eigenvalue weighted by molar-refractivity contribution is 5.94. The number of hydrogen-bond acceptors (Lipinski definition) is 4. The largest absolute Gasteiger partial charge is 0.549 e. The summed E-state index contributed by atoms with van der Waals surface area (Å²) in [5, 5.41) is 21.9. The van der Waals surface area contributed by atoms with E-state index in [9.17, 15) is 19.8 Å². The Labute approximate surface area is 89.6 Å². The van der Waals surface area contributed by atoms with Crippen molar-refractivity contribution in [3.05, 3.63) is 12.2 Å². The SMILES string of the molecule is C=C(C(=O)[O-])C(C(=O)[O-])(C(C)C)C(C)C. The van der Waals surface area contributed by atoms with Gasteiger partial charge in [0.2, 0.25) is 0 Å². The van der Waals surface area contributed by atoms with Crippen LogP contribution in [0.15, 0.2) is 12.2 Å². The molecule has 4 nitrogen and oxygen atoms in total. The van der Waals surface area contributed by atoms with E-state index in [1.165, 1.54) is 0 Å². The molecule has 0 aliphatic rings. The van der Waals surface area contributed by atoms with Crippen LogP contribution in [-0.4, -0.2) is 11.9 Å². The second kappa shape index (κ2) is 4.47. The second-order valence-electron chi connectivity index (χ2n) is 4.23. The number of carboxylic acid groups (broad SMARTS) is 2. The lowest BCUT2D eigenvalue weighted by molar-refractivity contribution is -0.326. The van der Waals surface area contributed by atoms with Crippen molar-refractivity contribution < 1.29 is 19.8 Å². The molecule has 0 aromatic heterocycles. The molecular formula is C11H16O4-2. The van der Waals surface area contributed by atoms with E-state index in [-0.39, 0.29) is 0 Å². The molecule has 0 heterocycles. The first-order valence-corrected chi connectivity index (χ1v) is 4.81. The summed E-state index contributed by atoms with van der Waals surface area (Å²) >= 11 is 0. The van der Waals surface area contributed by atoms with Gasteiger partial charge < -0.3 is 19.8 Å². The van der Waals surface area contributed by atoms with Crippen LogP contribution in [0.2, 0.25) is 0 Å². The standard InChI is InChI=1S/C11H18O4/c1-6(2)11(7(3)4,10(14)15)8(5)9(12)13/h6-7H,5H2,1-4H3,(H,12,13)(H,14,15)/p-2. The zero-order chi connectivity index (χ0) is 12.4. The summed E-state index contributed by atoms with van der Waals surface area (Å²) in [6.45, 7) is 9.82. The fourth-order valence-corrected chi connectivity index (χ4v) is 2.13. The van der Waals surface area contributed by atoms with Gasteiger partial charge in [0.1, 0.15) is 0 Å². The average Bonchev–Trinajstić information content (AvgIpc) is 2.02. The molecule has 0 saturated carbocycles. The van der Waals surface area contributed by atoms with Gasteiger partial charge in [-0.25, -0.2) is 0 Å². The summed E-state index contributed by atoms with van der Waals surface area (Å²) in [5.74, 6) is -3.80. The Balaban J connectivity index is 5.64. The number of carbonyl (C=O) groups excluding carboxylic acids is 2. The Kier molecular flexibility index (Phi) is 4.07. The number of aliphatic carboxylic acids is 2. The van der Waals surface area contributed by atoms with Gasteiger partial charge in [-0.15, -0.1) is 0 Å². The van der Waals surface area contributed by atoms with Gasteiger partial charge in [0.15, 0.2) is 0 Å². The topological polar surface area (TPSA) is 80.3 Å². The van der Waals surface area contributed by atoms with E-state index in [2.05, 4.69) is 6.58 Å². The van der Waals surface area contributed by atoms with E-state index in [0.717, 1.165) is 0 Å². The van der Waals surface area contributed by atoms with E-state index >= 15 is 0 Å². The fourth-order valence-electron chi connectivity index (χ4n) is 2.13. The van der Waals surface area contributed by atoms with Crippen molar-refractivity contribution in [2.75, 3.05) is 0 Å². The molecule has 0 amide bonds. The van der Waals surface area contributed by atoms with E-state index in [4.69, 9.17) is 0 Å². The summed E-state index contributed by atoms with van der Waals surface area (Å²) in [4.78, 5) is 21.9. The molecule has 0 saturated heterocycles. The monoisotopic (exact) mass is 212 g/mol. The van der Waals surface area contributed by atoms with Gasteiger partial charge in [0, 0.05) is 5.41 Å². The van der Waals surface area contributed by atoms with Gasteiger partial charge in [0.05, 0.1) is 11.9 Å². The molecule has 0 aliphatic heterocycles. The number of rotatable bonds is 5. The highest BCUT2D eigenvalue weighted by Gasteiger charge is 2.41. The molecule has 0 aliphatic carbocycles. The van der Waals surface area contributed by atoms with E-state index in [1.54, 1.807) is 27.7 Å². The van der Waals surface area contributed by atoms with Crippen LogP contribution in [0.5, 0.6) is 0 Å². The van der Waals surface area contributed by atoms with Crippen LogP contribution < -0.4 is 10.2 Å². The third-order valence-electron chi connectivity index (χ3n) is 2.90. The predicted molar refractivity (Wildman–Crippen MR) is 51.3 cm³/mol. The third-order valence-corrected chi connectivity index (χ3v) is 2.90. The van der Waals surface area contributed by atoms with Crippen molar-refractivity contribution in [3.63, 3.8) is 0 Å². The third kappa shape index (κ3) is 2.03. The van der Waals surface area contributed by atoms with Crippen molar-refractivity contribution in [1.82, 2.24) is 0 Å². The van der Waals surface area contributed by atoms with Crippen LogP contribution >= 0.6 is 0 Å². The van der Waals surface area contributed by atoms with Gasteiger partial charge in [-0.05, 0) is 17.4 Å². The maximum absolute atomic E-state index is 11.2. The lowest BCUT2D eigenvalue weighted by Crippen LogP contribution is -2.53. The zero-order valence-electron chi connectivity index (χ0n) is 9.49. The van der Waals surface area contributed by atoms with Crippen molar-refractivity contribution in [3.8, 4) is 0 Å². The Morgan fingerprint density at radius 2 is 1.40 bits per heavy atom. The predicted octanol–water partition coefficient (Wildman–Crippen LogP) is -0.659. The maximum atomic E-state index is 11.2. The molecule has 86 valence electrons. The highest BCUT2D eigenvalue weighted by atomic mass is 16.4. The first kappa shape index (κ1) is 13.7. The van der Waals surface area contributed by atoms with Crippen molar-refractivity contribution in [2.24, 2.45) is 17.3 Å². The van der Waals surface area contributed by atoms with Gasteiger partial charge in [-0.2, -0.15) is 0 Å². The lowest BCUT2D eigenvalue weighted by atomic mass is 9.64. The summed E-state index contributed by atoms with van der Waals surface area (Å²) in [7, 11) is 0. The molecule has 0 rings (SSSR count). The number of hydrogen-bond donors (Lipinski definition) is 0. The lowest BCUT2D eigenvalue weighted by Gasteiger charge is -2.44. The van der Waals surface area contributed by atoms with E-state index in [0.29, 0.717) is 0 Å². The van der Waals surface area contributed by atoms with Gasteiger partial charge in [-0.3, -0.25) is 0 Å². The van der Waals surface area contributed by atoms with Gasteiger partial charge >= 0.3 is 0 Å². The first-order chi connectivity index (χ1) is 6.68. The first-order valence-electron chi connectivity index (χ1n) is 4.81. The van der Waals surface area contributed by atoms with Crippen molar-refractivity contribution in [1.29, 1.82) is 0 Å². The molecule has 0 aromatic rings. The molecule has 0 fully saturated rings. The number of carboxylic acids is 2. The minimum absolute atomic E-state index is 0.423. The minimum atomic E-state index is -1.57. The second-order valence-corrected chi connectivity index (χ2v) is 4.23.